The molecular formula is C17H21N2O3-. The molecule has 0 saturated carbocycles. The number of nitrogens with zero attached hydrogens (tertiary/aromatic N) is 1. The molecule has 0 aliphatic carbocycles. The zero-order chi connectivity index (χ0) is 16.4. The minimum absolute atomic E-state index is 0.189. The highest BCUT2D eigenvalue weighted by molar-refractivity contribution is 6.00. The normalized spacial score (nSPS) is 13.8. The summed E-state index contributed by atoms with van der Waals surface area (Å²) in [5.41, 5.74) is 2.48. The number of benzene rings is 1. The molecule has 1 N–H and O–H groups in total. The van der Waals surface area contributed by atoms with Crippen LogP contribution in [0, 0.1) is 12.8 Å². The summed E-state index contributed by atoms with van der Waals surface area (Å²) in [5.74, 6) is -1.84. The summed E-state index contributed by atoms with van der Waals surface area (Å²) < 4.78 is 1.77. The SMILES string of the molecule is CC[C@@H](C)[C@H](NC(=O)c1cc2cc(C)ccc2n1C)C(=O)[O-]. The Morgan fingerprint density at radius 1 is 1.32 bits per heavy atom. The molecule has 0 bridgehead atoms. The Bertz CT molecular complexity index is 718. The van der Waals surface area contributed by atoms with Gasteiger partial charge < -0.3 is 19.8 Å². The summed E-state index contributed by atoms with van der Waals surface area (Å²) in [7, 11) is 1.80. The average Bonchev–Trinajstić information content (AvgIpc) is 2.79. The first-order valence-electron chi connectivity index (χ1n) is 7.43. The molecule has 0 unspecified atom stereocenters. The highest BCUT2D eigenvalue weighted by atomic mass is 16.4. The molecule has 0 spiro atoms. The minimum atomic E-state index is -1.25. The predicted octanol–water partition coefficient (Wildman–Crippen LogP) is 1.38. The lowest BCUT2D eigenvalue weighted by molar-refractivity contribution is -0.309. The summed E-state index contributed by atoms with van der Waals surface area (Å²) in [6.07, 6.45) is 0.646. The Kier molecular flexibility index (Phi) is 4.54. The van der Waals surface area contributed by atoms with E-state index in [1.165, 1.54) is 0 Å². The number of hydrogen-bond donors (Lipinski definition) is 1. The molecule has 0 aliphatic rings. The molecule has 22 heavy (non-hydrogen) atoms. The van der Waals surface area contributed by atoms with Gasteiger partial charge in [-0.2, -0.15) is 0 Å². The van der Waals surface area contributed by atoms with Gasteiger partial charge in [0.05, 0.1) is 12.0 Å². The molecule has 5 heteroatoms. The monoisotopic (exact) mass is 301 g/mol. The minimum Gasteiger partial charge on any atom is -0.548 e. The summed E-state index contributed by atoms with van der Waals surface area (Å²) in [6, 6.07) is 6.72. The van der Waals surface area contributed by atoms with Crippen molar-refractivity contribution in [3.63, 3.8) is 0 Å². The van der Waals surface area contributed by atoms with Crippen molar-refractivity contribution in [1.82, 2.24) is 9.88 Å². The van der Waals surface area contributed by atoms with Gasteiger partial charge >= 0.3 is 0 Å². The van der Waals surface area contributed by atoms with E-state index in [1.54, 1.807) is 24.6 Å². The number of carbonyl (C=O) groups is 2. The molecule has 118 valence electrons. The van der Waals surface area contributed by atoms with Gasteiger partial charge in [-0.1, -0.05) is 31.9 Å². The van der Waals surface area contributed by atoms with E-state index >= 15 is 0 Å². The third-order valence-electron chi connectivity index (χ3n) is 4.18. The van der Waals surface area contributed by atoms with E-state index in [2.05, 4.69) is 5.32 Å². The molecule has 1 aromatic carbocycles. The maximum absolute atomic E-state index is 12.4. The lowest BCUT2D eigenvalue weighted by Crippen LogP contribution is -2.51. The van der Waals surface area contributed by atoms with Crippen molar-refractivity contribution in [3.8, 4) is 0 Å². The molecule has 0 radical (unpaired) electrons. The number of hydrogen-bond acceptors (Lipinski definition) is 3. The van der Waals surface area contributed by atoms with Crippen molar-refractivity contribution in [2.75, 3.05) is 0 Å². The molecule has 1 amide bonds. The first kappa shape index (κ1) is 16.1. The number of carboxylic acids is 1. The van der Waals surface area contributed by atoms with Crippen LogP contribution in [0.2, 0.25) is 0 Å². The van der Waals surface area contributed by atoms with Crippen molar-refractivity contribution in [2.45, 2.75) is 33.2 Å². The van der Waals surface area contributed by atoms with Crippen LogP contribution in [0.5, 0.6) is 0 Å². The maximum Gasteiger partial charge on any atom is 0.268 e. The quantitative estimate of drug-likeness (QED) is 0.906. The van der Waals surface area contributed by atoms with E-state index in [4.69, 9.17) is 0 Å². The lowest BCUT2D eigenvalue weighted by Gasteiger charge is -2.25. The van der Waals surface area contributed by atoms with E-state index < -0.39 is 17.9 Å². The van der Waals surface area contributed by atoms with Gasteiger partial charge in [0.15, 0.2) is 0 Å². The summed E-state index contributed by atoms with van der Waals surface area (Å²) in [5, 5.41) is 14.8. The molecule has 1 heterocycles. The highest BCUT2D eigenvalue weighted by Crippen LogP contribution is 2.20. The predicted molar refractivity (Wildman–Crippen MR) is 83.4 cm³/mol. The second-order valence-electron chi connectivity index (χ2n) is 5.81. The van der Waals surface area contributed by atoms with Crippen LogP contribution in [0.3, 0.4) is 0 Å². The zero-order valence-corrected chi connectivity index (χ0v) is 13.3. The van der Waals surface area contributed by atoms with E-state index in [1.807, 2.05) is 32.0 Å². The van der Waals surface area contributed by atoms with Crippen LogP contribution in [0.4, 0.5) is 0 Å². The standard InChI is InChI=1S/C17H22N2O3/c1-5-11(3)15(17(21)22)18-16(20)14-9-12-8-10(2)6-7-13(12)19(14)4/h6-9,11,15H,5H2,1-4H3,(H,18,20)(H,21,22)/p-1/t11-,15+/m1/s1. The first-order valence-corrected chi connectivity index (χ1v) is 7.43. The van der Waals surface area contributed by atoms with Crippen molar-refractivity contribution >= 4 is 22.8 Å². The van der Waals surface area contributed by atoms with Gasteiger partial charge in [0.25, 0.3) is 5.91 Å². The van der Waals surface area contributed by atoms with Crippen LogP contribution in [0.25, 0.3) is 10.9 Å². The number of amides is 1. The zero-order valence-electron chi connectivity index (χ0n) is 13.3. The van der Waals surface area contributed by atoms with Gasteiger partial charge in [0.2, 0.25) is 0 Å². The van der Waals surface area contributed by atoms with Crippen LogP contribution >= 0.6 is 0 Å². The molecular weight excluding hydrogens is 280 g/mol. The van der Waals surface area contributed by atoms with Crippen LogP contribution in [0.15, 0.2) is 24.3 Å². The van der Waals surface area contributed by atoms with Crippen molar-refractivity contribution in [1.29, 1.82) is 0 Å². The summed E-state index contributed by atoms with van der Waals surface area (Å²) in [4.78, 5) is 23.7. The molecule has 0 saturated heterocycles. The average molecular weight is 301 g/mol. The number of nitrogens with one attached hydrogen (secondary N) is 1. The first-order chi connectivity index (χ1) is 10.3. The van der Waals surface area contributed by atoms with Crippen molar-refractivity contribution in [2.24, 2.45) is 13.0 Å². The van der Waals surface area contributed by atoms with E-state index in [9.17, 15) is 14.7 Å². The van der Waals surface area contributed by atoms with Gasteiger partial charge in [0.1, 0.15) is 5.69 Å². The Hall–Kier alpha value is -2.30. The third kappa shape index (κ3) is 2.98. The number of carboxylic acid groups (broad SMARTS) is 1. The van der Waals surface area contributed by atoms with Gasteiger partial charge in [-0.05, 0) is 31.0 Å². The van der Waals surface area contributed by atoms with Gasteiger partial charge in [-0.15, -0.1) is 0 Å². The van der Waals surface area contributed by atoms with E-state index in [-0.39, 0.29) is 5.92 Å². The second-order valence-corrected chi connectivity index (χ2v) is 5.81. The summed E-state index contributed by atoms with van der Waals surface area (Å²) in [6.45, 7) is 5.65. The molecule has 5 nitrogen and oxygen atoms in total. The topological polar surface area (TPSA) is 74.2 Å². The Labute approximate surface area is 129 Å². The Balaban J connectivity index is 2.33. The maximum atomic E-state index is 12.4. The van der Waals surface area contributed by atoms with Crippen molar-refractivity contribution in [3.05, 3.63) is 35.5 Å². The lowest BCUT2D eigenvalue weighted by atomic mass is 9.99. The largest absolute Gasteiger partial charge is 0.548 e. The van der Waals surface area contributed by atoms with Crippen LogP contribution in [-0.2, 0) is 11.8 Å². The molecule has 0 aliphatic heterocycles. The van der Waals surface area contributed by atoms with Gasteiger partial charge in [-0.25, -0.2) is 0 Å². The number of aliphatic carboxylic acids is 1. The number of fused-ring (bicyclic) bond motifs is 1. The molecule has 1 aromatic heterocycles. The molecule has 2 atom stereocenters. The summed E-state index contributed by atoms with van der Waals surface area (Å²) >= 11 is 0. The molecule has 2 rings (SSSR count). The van der Waals surface area contributed by atoms with Crippen LogP contribution in [0.1, 0.15) is 36.3 Å². The number of aromatic nitrogens is 1. The van der Waals surface area contributed by atoms with E-state index in [0.717, 1.165) is 16.5 Å². The Morgan fingerprint density at radius 3 is 2.59 bits per heavy atom. The molecule has 2 aromatic rings. The van der Waals surface area contributed by atoms with Crippen LogP contribution < -0.4 is 10.4 Å². The third-order valence-corrected chi connectivity index (χ3v) is 4.18. The highest BCUT2D eigenvalue weighted by Gasteiger charge is 2.22. The van der Waals surface area contributed by atoms with E-state index in [0.29, 0.717) is 12.1 Å². The fourth-order valence-corrected chi connectivity index (χ4v) is 2.57. The second kappa shape index (κ2) is 6.22. The van der Waals surface area contributed by atoms with Gasteiger partial charge in [-0.3, -0.25) is 4.79 Å². The molecule has 0 fully saturated rings. The number of carbonyl (C=O) groups excluding carboxylic acids is 2. The fraction of sp³-hybridized carbons (Fsp3) is 0.412. The van der Waals surface area contributed by atoms with Gasteiger partial charge in [0, 0.05) is 18.0 Å². The van der Waals surface area contributed by atoms with Crippen molar-refractivity contribution < 1.29 is 14.7 Å². The number of aryl methyl sites for hydroxylation is 2. The number of rotatable bonds is 5. The Morgan fingerprint density at radius 2 is 2.00 bits per heavy atom. The van der Waals surface area contributed by atoms with Crippen LogP contribution in [-0.4, -0.2) is 22.5 Å². The smallest absolute Gasteiger partial charge is 0.268 e. The fourth-order valence-electron chi connectivity index (χ4n) is 2.57.